The van der Waals surface area contributed by atoms with Gasteiger partial charge >= 0.3 is 5.97 Å². The van der Waals surface area contributed by atoms with E-state index >= 15 is 0 Å². The number of hydroxylamine groups is 2. The zero-order valence-corrected chi connectivity index (χ0v) is 14.2. The van der Waals surface area contributed by atoms with Gasteiger partial charge in [0, 0.05) is 5.56 Å². The van der Waals surface area contributed by atoms with E-state index in [1.807, 2.05) is 19.9 Å². The van der Waals surface area contributed by atoms with Gasteiger partial charge in [-0.15, -0.1) is 0 Å². The maximum atomic E-state index is 12.1. The van der Waals surface area contributed by atoms with Gasteiger partial charge in [-0.2, -0.15) is 0 Å². The van der Waals surface area contributed by atoms with E-state index in [0.717, 1.165) is 11.1 Å². The summed E-state index contributed by atoms with van der Waals surface area (Å²) in [5, 5.41) is 2.83. The Kier molecular flexibility index (Phi) is 4.53. The smallest absolute Gasteiger partial charge is 0.341 e. The Hall–Kier alpha value is -3.48. The molecule has 1 aliphatic rings. The van der Waals surface area contributed by atoms with Gasteiger partial charge in [0.2, 0.25) is 0 Å². The number of imide groups is 1. The Morgan fingerprint density at radius 1 is 0.962 bits per heavy atom. The number of amides is 3. The van der Waals surface area contributed by atoms with E-state index in [1.165, 1.54) is 12.1 Å². The van der Waals surface area contributed by atoms with Gasteiger partial charge in [0.05, 0.1) is 11.1 Å². The number of aryl methyl sites for hydroxylation is 2. The van der Waals surface area contributed by atoms with Gasteiger partial charge in [0.15, 0.2) is 0 Å². The van der Waals surface area contributed by atoms with Gasteiger partial charge in [-0.1, -0.05) is 34.4 Å². The number of carbonyl (C=O) groups is 4. The molecule has 0 saturated heterocycles. The average molecular weight is 352 g/mol. The monoisotopic (exact) mass is 352 g/mol. The lowest BCUT2D eigenvalue weighted by atomic mass is 10.1. The SMILES string of the molecule is Cc1cc(C)cc(C(=O)NCC(=O)ON2C(=O)c3ccccc3C2=O)c1. The third-order valence-electron chi connectivity index (χ3n) is 3.83. The Labute approximate surface area is 149 Å². The number of benzene rings is 2. The summed E-state index contributed by atoms with van der Waals surface area (Å²) in [4.78, 5) is 53.1. The van der Waals surface area contributed by atoms with Crippen LogP contribution in [0.25, 0.3) is 0 Å². The first-order valence-corrected chi connectivity index (χ1v) is 7.92. The molecule has 0 atom stereocenters. The maximum absolute atomic E-state index is 12.1. The minimum absolute atomic E-state index is 0.171. The fourth-order valence-electron chi connectivity index (χ4n) is 2.74. The summed E-state index contributed by atoms with van der Waals surface area (Å²) in [7, 11) is 0. The van der Waals surface area contributed by atoms with Crippen molar-refractivity contribution in [3.8, 4) is 0 Å². The maximum Gasteiger partial charge on any atom is 0.352 e. The summed E-state index contributed by atoms with van der Waals surface area (Å²) in [5.41, 5.74) is 2.60. The van der Waals surface area contributed by atoms with Crippen LogP contribution < -0.4 is 5.32 Å². The molecular weight excluding hydrogens is 336 g/mol. The number of nitrogens with zero attached hydrogens (tertiary/aromatic N) is 1. The largest absolute Gasteiger partial charge is 0.352 e. The van der Waals surface area contributed by atoms with E-state index in [2.05, 4.69) is 5.32 Å². The predicted octanol–water partition coefficient (Wildman–Crippen LogP) is 1.79. The van der Waals surface area contributed by atoms with Crippen molar-refractivity contribution in [3.63, 3.8) is 0 Å². The molecule has 7 nitrogen and oxygen atoms in total. The molecule has 0 fully saturated rings. The lowest BCUT2D eigenvalue weighted by molar-refractivity contribution is -0.167. The molecule has 3 amide bonds. The number of hydrogen-bond acceptors (Lipinski definition) is 5. The van der Waals surface area contributed by atoms with Crippen LogP contribution in [0.3, 0.4) is 0 Å². The molecule has 0 aliphatic carbocycles. The van der Waals surface area contributed by atoms with Crippen LogP contribution in [0, 0.1) is 13.8 Å². The van der Waals surface area contributed by atoms with Crippen molar-refractivity contribution in [2.45, 2.75) is 13.8 Å². The normalized spacial score (nSPS) is 12.8. The fraction of sp³-hybridized carbons (Fsp3) is 0.158. The molecule has 2 aromatic rings. The third-order valence-corrected chi connectivity index (χ3v) is 3.83. The Bertz CT molecular complexity index is 880. The number of rotatable bonds is 4. The molecule has 1 aliphatic heterocycles. The summed E-state index contributed by atoms with van der Waals surface area (Å²) >= 11 is 0. The highest BCUT2D eigenvalue weighted by Crippen LogP contribution is 2.22. The van der Waals surface area contributed by atoms with Crippen molar-refractivity contribution in [1.29, 1.82) is 0 Å². The average Bonchev–Trinajstić information content (AvgIpc) is 2.84. The first-order valence-electron chi connectivity index (χ1n) is 7.92. The summed E-state index contributed by atoms with van der Waals surface area (Å²) in [5.74, 6) is -2.78. The van der Waals surface area contributed by atoms with Crippen molar-refractivity contribution >= 4 is 23.7 Å². The van der Waals surface area contributed by atoms with Crippen LogP contribution in [0.15, 0.2) is 42.5 Å². The lowest BCUT2D eigenvalue weighted by Crippen LogP contribution is -2.38. The van der Waals surface area contributed by atoms with Crippen LogP contribution >= 0.6 is 0 Å². The number of carbonyl (C=O) groups excluding carboxylic acids is 4. The molecule has 1 heterocycles. The van der Waals surface area contributed by atoms with Crippen molar-refractivity contribution in [1.82, 2.24) is 10.4 Å². The molecule has 7 heteroatoms. The van der Waals surface area contributed by atoms with E-state index in [-0.39, 0.29) is 11.1 Å². The number of hydrogen-bond donors (Lipinski definition) is 1. The Morgan fingerprint density at radius 3 is 2.04 bits per heavy atom. The summed E-state index contributed by atoms with van der Waals surface area (Å²) in [6.45, 7) is 3.25. The van der Waals surface area contributed by atoms with Crippen molar-refractivity contribution in [3.05, 3.63) is 70.3 Å². The molecule has 0 bridgehead atoms. The van der Waals surface area contributed by atoms with Crippen LogP contribution in [0.2, 0.25) is 0 Å². The topological polar surface area (TPSA) is 92.8 Å². The quantitative estimate of drug-likeness (QED) is 0.847. The molecule has 0 radical (unpaired) electrons. The summed E-state index contributed by atoms with van der Waals surface area (Å²) < 4.78 is 0. The van der Waals surface area contributed by atoms with Gasteiger partial charge < -0.3 is 10.2 Å². The zero-order chi connectivity index (χ0) is 18.8. The summed E-state index contributed by atoms with van der Waals surface area (Å²) in [6, 6.07) is 11.5. The van der Waals surface area contributed by atoms with Gasteiger partial charge in [0.25, 0.3) is 17.7 Å². The van der Waals surface area contributed by atoms with Crippen LogP contribution in [0.1, 0.15) is 42.2 Å². The van der Waals surface area contributed by atoms with Gasteiger partial charge in [-0.25, -0.2) is 4.79 Å². The number of nitrogens with one attached hydrogen (secondary N) is 1. The molecule has 3 rings (SSSR count). The standard InChI is InChI=1S/C19H16N2O5/c1-11-7-12(2)9-13(8-11)17(23)20-10-16(22)26-21-18(24)14-5-3-4-6-15(14)19(21)25/h3-9H,10H2,1-2H3,(H,20,23). The van der Waals surface area contributed by atoms with Crippen LogP contribution in [-0.4, -0.2) is 35.3 Å². The number of fused-ring (bicyclic) bond motifs is 1. The second-order valence-electron chi connectivity index (χ2n) is 5.97. The van der Waals surface area contributed by atoms with Crippen molar-refractivity contribution in [2.75, 3.05) is 6.54 Å². The fourth-order valence-corrected chi connectivity index (χ4v) is 2.74. The molecule has 0 spiro atoms. The van der Waals surface area contributed by atoms with Crippen molar-refractivity contribution < 1.29 is 24.0 Å². The third kappa shape index (κ3) is 3.32. The van der Waals surface area contributed by atoms with Gasteiger partial charge in [-0.05, 0) is 38.1 Å². The van der Waals surface area contributed by atoms with Gasteiger partial charge in [-0.3, -0.25) is 14.4 Å². The molecular formula is C19H16N2O5. The lowest BCUT2D eigenvalue weighted by Gasteiger charge is -2.13. The van der Waals surface area contributed by atoms with E-state index in [4.69, 9.17) is 4.84 Å². The Balaban J connectivity index is 1.61. The second kappa shape index (κ2) is 6.79. The molecule has 2 aromatic carbocycles. The highest BCUT2D eigenvalue weighted by molar-refractivity contribution is 6.20. The van der Waals surface area contributed by atoms with Crippen LogP contribution in [0.5, 0.6) is 0 Å². The highest BCUT2D eigenvalue weighted by Gasteiger charge is 2.38. The van der Waals surface area contributed by atoms with Crippen LogP contribution in [0.4, 0.5) is 0 Å². The highest BCUT2D eigenvalue weighted by atomic mass is 16.7. The zero-order valence-electron chi connectivity index (χ0n) is 14.2. The molecule has 0 aromatic heterocycles. The first kappa shape index (κ1) is 17.3. The van der Waals surface area contributed by atoms with E-state index in [1.54, 1.807) is 24.3 Å². The minimum atomic E-state index is -0.919. The van der Waals surface area contributed by atoms with E-state index in [9.17, 15) is 19.2 Å². The van der Waals surface area contributed by atoms with E-state index < -0.39 is 30.2 Å². The molecule has 132 valence electrons. The molecule has 0 unspecified atom stereocenters. The Morgan fingerprint density at radius 2 is 1.50 bits per heavy atom. The molecule has 0 saturated carbocycles. The summed E-state index contributed by atoms with van der Waals surface area (Å²) in [6.07, 6.45) is 0. The molecule has 1 N–H and O–H groups in total. The predicted molar refractivity (Wildman–Crippen MR) is 91.3 cm³/mol. The van der Waals surface area contributed by atoms with Gasteiger partial charge in [0.1, 0.15) is 6.54 Å². The minimum Gasteiger partial charge on any atom is -0.341 e. The second-order valence-corrected chi connectivity index (χ2v) is 5.97. The van der Waals surface area contributed by atoms with Crippen molar-refractivity contribution in [2.24, 2.45) is 0 Å². The van der Waals surface area contributed by atoms with E-state index in [0.29, 0.717) is 10.6 Å². The first-order chi connectivity index (χ1) is 12.4. The van der Waals surface area contributed by atoms with Crippen LogP contribution in [-0.2, 0) is 9.63 Å². The molecule has 26 heavy (non-hydrogen) atoms.